The van der Waals surface area contributed by atoms with E-state index in [1.54, 1.807) is 0 Å². The molecule has 0 aromatic heterocycles. The largest absolute Gasteiger partial charge is 0.459 e. The molecule has 0 aliphatic carbocycles. The highest BCUT2D eigenvalue weighted by atomic mass is 127. The van der Waals surface area contributed by atoms with E-state index in [-0.39, 0.29) is 12.0 Å². The van der Waals surface area contributed by atoms with Gasteiger partial charge >= 0.3 is 5.97 Å². The van der Waals surface area contributed by atoms with Gasteiger partial charge in [-0.2, -0.15) is 0 Å². The van der Waals surface area contributed by atoms with Crippen molar-refractivity contribution in [3.05, 3.63) is 33.4 Å². The number of likely N-dealkylation sites (tertiary alicyclic amines) is 1. The summed E-state index contributed by atoms with van der Waals surface area (Å²) < 4.78 is 6.76. The second-order valence-electron chi connectivity index (χ2n) is 6.29. The highest BCUT2D eigenvalue weighted by Crippen LogP contribution is 2.23. The lowest BCUT2D eigenvalue weighted by molar-refractivity contribution is -0.160. The summed E-state index contributed by atoms with van der Waals surface area (Å²) in [7, 11) is 0. The van der Waals surface area contributed by atoms with E-state index in [1.165, 1.54) is 9.13 Å². The van der Waals surface area contributed by atoms with Crippen molar-refractivity contribution in [3.63, 3.8) is 0 Å². The van der Waals surface area contributed by atoms with Crippen molar-refractivity contribution in [1.82, 2.24) is 4.90 Å². The molecule has 1 aromatic rings. The molecule has 1 fully saturated rings. The topological polar surface area (TPSA) is 29.5 Å². The van der Waals surface area contributed by atoms with E-state index in [9.17, 15) is 4.79 Å². The lowest BCUT2D eigenvalue weighted by Crippen LogP contribution is -2.40. The fourth-order valence-corrected chi connectivity index (χ4v) is 2.84. The minimum absolute atomic E-state index is 0.0829. The van der Waals surface area contributed by atoms with Crippen LogP contribution in [0, 0.1) is 3.57 Å². The first-order valence-corrected chi connectivity index (χ1v) is 8.14. The first kappa shape index (κ1) is 15.8. The van der Waals surface area contributed by atoms with Crippen LogP contribution in [0.4, 0.5) is 0 Å². The van der Waals surface area contributed by atoms with Crippen molar-refractivity contribution in [2.24, 2.45) is 0 Å². The number of benzene rings is 1. The molecule has 110 valence electrons. The maximum atomic E-state index is 12.3. The van der Waals surface area contributed by atoms with Gasteiger partial charge < -0.3 is 4.74 Å². The molecule has 20 heavy (non-hydrogen) atoms. The third-order valence-corrected chi connectivity index (χ3v) is 4.06. The van der Waals surface area contributed by atoms with Gasteiger partial charge in [0.05, 0.1) is 0 Å². The molecule has 1 saturated heterocycles. The molecule has 1 aromatic carbocycles. The average molecular weight is 387 g/mol. The van der Waals surface area contributed by atoms with E-state index in [4.69, 9.17) is 4.74 Å². The Morgan fingerprint density at radius 3 is 2.60 bits per heavy atom. The van der Waals surface area contributed by atoms with Gasteiger partial charge in [-0.25, -0.2) is 0 Å². The number of rotatable bonds is 3. The number of carbonyl (C=O) groups is 1. The van der Waals surface area contributed by atoms with Crippen molar-refractivity contribution in [1.29, 1.82) is 0 Å². The van der Waals surface area contributed by atoms with E-state index in [2.05, 4.69) is 51.8 Å². The average Bonchev–Trinajstić information content (AvgIpc) is 2.78. The molecule has 4 heteroatoms. The summed E-state index contributed by atoms with van der Waals surface area (Å²) in [6.45, 7) is 7.55. The Hall–Kier alpha value is -0.620. The van der Waals surface area contributed by atoms with Crippen LogP contribution in [0.2, 0.25) is 0 Å². The summed E-state index contributed by atoms with van der Waals surface area (Å²) in [5.74, 6) is -0.0829. The Kier molecular flexibility index (Phi) is 5.07. The number of esters is 1. The number of hydrogen-bond donors (Lipinski definition) is 0. The molecule has 0 amide bonds. The van der Waals surface area contributed by atoms with Gasteiger partial charge in [0.15, 0.2) is 0 Å². The molecule has 3 nitrogen and oxygen atoms in total. The fourth-order valence-electron chi connectivity index (χ4n) is 2.48. The Bertz CT molecular complexity index is 464. The Labute approximate surface area is 134 Å². The maximum Gasteiger partial charge on any atom is 0.323 e. The van der Waals surface area contributed by atoms with Crippen molar-refractivity contribution >= 4 is 28.6 Å². The molecule has 0 spiro atoms. The SMILES string of the molecule is CC(C)(C)OC(=O)[C@@H]1CCCN1Cc1ccc(I)cc1. The van der Waals surface area contributed by atoms with Crippen LogP contribution < -0.4 is 0 Å². The van der Waals surface area contributed by atoms with Crippen molar-refractivity contribution in [3.8, 4) is 0 Å². The van der Waals surface area contributed by atoms with Crippen LogP contribution in [0.5, 0.6) is 0 Å². The van der Waals surface area contributed by atoms with Crippen LogP contribution >= 0.6 is 22.6 Å². The number of hydrogen-bond acceptors (Lipinski definition) is 3. The Balaban J connectivity index is 2.00. The molecule has 0 N–H and O–H groups in total. The van der Waals surface area contributed by atoms with Crippen LogP contribution in [0.3, 0.4) is 0 Å². The second kappa shape index (κ2) is 6.43. The second-order valence-corrected chi connectivity index (χ2v) is 7.53. The zero-order valence-corrected chi connectivity index (χ0v) is 14.5. The summed E-state index contributed by atoms with van der Waals surface area (Å²) in [6.07, 6.45) is 1.97. The lowest BCUT2D eigenvalue weighted by atomic mass is 10.1. The number of ether oxygens (including phenoxy) is 1. The fraction of sp³-hybridized carbons (Fsp3) is 0.562. The summed E-state index contributed by atoms with van der Waals surface area (Å²) in [6, 6.07) is 8.38. The Morgan fingerprint density at radius 1 is 1.35 bits per heavy atom. The summed E-state index contributed by atoms with van der Waals surface area (Å²) in [5, 5.41) is 0. The van der Waals surface area contributed by atoms with Crippen LogP contribution in [0.15, 0.2) is 24.3 Å². The zero-order valence-electron chi connectivity index (χ0n) is 12.4. The quantitative estimate of drug-likeness (QED) is 0.587. The van der Waals surface area contributed by atoms with Gasteiger partial charge in [-0.05, 0) is 80.4 Å². The Morgan fingerprint density at radius 2 is 2.00 bits per heavy atom. The molecule has 0 radical (unpaired) electrons. The van der Waals surface area contributed by atoms with Gasteiger partial charge in [-0.3, -0.25) is 9.69 Å². The van der Waals surface area contributed by atoms with Crippen LogP contribution in [0.25, 0.3) is 0 Å². The molecular formula is C16H22INO2. The van der Waals surface area contributed by atoms with Gasteiger partial charge in [0.2, 0.25) is 0 Å². The van der Waals surface area contributed by atoms with Crippen molar-refractivity contribution < 1.29 is 9.53 Å². The molecule has 1 aliphatic rings. The van der Waals surface area contributed by atoms with E-state index < -0.39 is 5.60 Å². The van der Waals surface area contributed by atoms with E-state index in [0.29, 0.717) is 0 Å². The lowest BCUT2D eigenvalue weighted by Gasteiger charge is -2.27. The predicted molar refractivity (Wildman–Crippen MR) is 88.4 cm³/mol. The van der Waals surface area contributed by atoms with Crippen LogP contribution in [0.1, 0.15) is 39.2 Å². The van der Waals surface area contributed by atoms with Crippen molar-refractivity contribution in [2.75, 3.05) is 6.54 Å². The van der Waals surface area contributed by atoms with Gasteiger partial charge in [0.25, 0.3) is 0 Å². The normalized spacial score (nSPS) is 20.1. The number of carbonyl (C=O) groups excluding carboxylic acids is 1. The standard InChI is InChI=1S/C16H22INO2/c1-16(2,3)20-15(19)14-5-4-10-18(14)11-12-6-8-13(17)9-7-12/h6-9,14H,4-5,10-11H2,1-3H3/t14-/m0/s1. The summed E-state index contributed by atoms with van der Waals surface area (Å²) >= 11 is 2.30. The van der Waals surface area contributed by atoms with Crippen LogP contribution in [-0.4, -0.2) is 29.1 Å². The third-order valence-electron chi connectivity index (χ3n) is 3.34. The van der Waals surface area contributed by atoms with E-state index >= 15 is 0 Å². The minimum Gasteiger partial charge on any atom is -0.459 e. The van der Waals surface area contributed by atoms with Crippen LogP contribution in [-0.2, 0) is 16.1 Å². The van der Waals surface area contributed by atoms with Gasteiger partial charge in [0, 0.05) is 10.1 Å². The first-order valence-electron chi connectivity index (χ1n) is 7.06. The minimum atomic E-state index is -0.409. The molecule has 2 rings (SSSR count). The number of halogens is 1. The molecule has 0 unspecified atom stereocenters. The summed E-state index contributed by atoms with van der Waals surface area (Å²) in [4.78, 5) is 14.5. The molecule has 0 bridgehead atoms. The highest BCUT2D eigenvalue weighted by Gasteiger charge is 2.33. The van der Waals surface area contributed by atoms with Crippen molar-refractivity contribution in [2.45, 2.75) is 51.8 Å². The predicted octanol–water partition coefficient (Wildman–Crippen LogP) is 3.60. The highest BCUT2D eigenvalue weighted by molar-refractivity contribution is 14.1. The molecule has 1 atom stereocenters. The molecule has 1 heterocycles. The first-order chi connectivity index (χ1) is 9.35. The smallest absolute Gasteiger partial charge is 0.323 e. The summed E-state index contributed by atoms with van der Waals surface area (Å²) in [5.41, 5.74) is 0.842. The van der Waals surface area contributed by atoms with E-state index in [1.807, 2.05) is 20.8 Å². The van der Waals surface area contributed by atoms with Gasteiger partial charge in [-0.15, -0.1) is 0 Å². The molecule has 0 saturated carbocycles. The number of nitrogens with zero attached hydrogens (tertiary/aromatic N) is 1. The van der Waals surface area contributed by atoms with Gasteiger partial charge in [0.1, 0.15) is 11.6 Å². The van der Waals surface area contributed by atoms with Gasteiger partial charge in [-0.1, -0.05) is 12.1 Å². The monoisotopic (exact) mass is 387 g/mol. The zero-order chi connectivity index (χ0) is 14.8. The molecular weight excluding hydrogens is 365 g/mol. The molecule has 1 aliphatic heterocycles. The third kappa shape index (κ3) is 4.45. The maximum absolute atomic E-state index is 12.3. The van der Waals surface area contributed by atoms with E-state index in [0.717, 1.165) is 25.9 Å².